The van der Waals surface area contributed by atoms with Gasteiger partial charge in [-0.05, 0) is 61.1 Å². The molecule has 3 heteroatoms. The fourth-order valence-corrected chi connectivity index (χ4v) is 2.78. The number of benzene rings is 2. The summed E-state index contributed by atoms with van der Waals surface area (Å²) in [5.74, 6) is 0. The summed E-state index contributed by atoms with van der Waals surface area (Å²) in [5.41, 5.74) is 12.0. The predicted molar refractivity (Wildman–Crippen MR) is 81.9 cm³/mol. The maximum absolute atomic E-state index is 8.99. The summed E-state index contributed by atoms with van der Waals surface area (Å²) in [5, 5.41) is 12.4. The molecule has 0 spiro atoms. The molecule has 3 N–H and O–H groups in total. The SMILES string of the molecule is N#Cc1ccc(N)c(Nc2cccc3c2CCCC3)c1. The summed E-state index contributed by atoms with van der Waals surface area (Å²) in [6.45, 7) is 0. The van der Waals surface area contributed by atoms with E-state index in [1.807, 2.05) is 0 Å². The normalized spacial score (nSPS) is 13.3. The summed E-state index contributed by atoms with van der Waals surface area (Å²) in [7, 11) is 0. The van der Waals surface area contributed by atoms with Crippen LogP contribution in [0.15, 0.2) is 36.4 Å². The molecule has 1 aliphatic rings. The van der Waals surface area contributed by atoms with Crippen molar-refractivity contribution in [2.24, 2.45) is 0 Å². The predicted octanol–water partition coefficient (Wildman–Crippen LogP) is 3.76. The molecule has 0 unspecified atom stereocenters. The monoisotopic (exact) mass is 263 g/mol. The third-order valence-electron chi connectivity index (χ3n) is 3.85. The number of anilines is 3. The first kappa shape index (κ1) is 12.6. The highest BCUT2D eigenvalue weighted by Gasteiger charge is 2.13. The topological polar surface area (TPSA) is 61.8 Å². The number of nitrogens with one attached hydrogen (secondary N) is 1. The molecule has 0 saturated carbocycles. The standard InChI is InChI=1S/C17H17N3/c18-11-12-8-9-15(19)17(10-12)20-16-7-3-5-13-4-1-2-6-14(13)16/h3,5,7-10,20H,1-2,4,6,19H2. The summed E-state index contributed by atoms with van der Waals surface area (Å²) >= 11 is 0. The van der Waals surface area contributed by atoms with Crippen LogP contribution in [0.4, 0.5) is 17.1 Å². The van der Waals surface area contributed by atoms with Crippen molar-refractivity contribution in [3.05, 3.63) is 53.1 Å². The van der Waals surface area contributed by atoms with Crippen LogP contribution < -0.4 is 11.1 Å². The van der Waals surface area contributed by atoms with Crippen molar-refractivity contribution >= 4 is 17.1 Å². The fraction of sp³-hybridized carbons (Fsp3) is 0.235. The third kappa shape index (κ3) is 2.33. The van der Waals surface area contributed by atoms with Crippen LogP contribution in [0, 0.1) is 11.3 Å². The number of fused-ring (bicyclic) bond motifs is 1. The molecule has 100 valence electrons. The van der Waals surface area contributed by atoms with Crippen molar-refractivity contribution in [3.63, 3.8) is 0 Å². The van der Waals surface area contributed by atoms with E-state index in [0.29, 0.717) is 11.3 Å². The number of nitrogens with zero attached hydrogens (tertiary/aromatic N) is 1. The first-order valence-electron chi connectivity index (χ1n) is 6.95. The van der Waals surface area contributed by atoms with Crippen molar-refractivity contribution in [2.45, 2.75) is 25.7 Å². The van der Waals surface area contributed by atoms with Gasteiger partial charge >= 0.3 is 0 Å². The minimum absolute atomic E-state index is 0.617. The first-order valence-corrected chi connectivity index (χ1v) is 6.95. The number of nitrogen functional groups attached to an aromatic ring is 1. The first-order chi connectivity index (χ1) is 9.78. The second-order valence-electron chi connectivity index (χ2n) is 5.19. The molecule has 0 heterocycles. The summed E-state index contributed by atoms with van der Waals surface area (Å²) in [6, 6.07) is 13.8. The van der Waals surface area contributed by atoms with Crippen molar-refractivity contribution < 1.29 is 0 Å². The zero-order chi connectivity index (χ0) is 13.9. The average Bonchev–Trinajstić information content (AvgIpc) is 2.50. The minimum Gasteiger partial charge on any atom is -0.397 e. The molecule has 2 aromatic carbocycles. The quantitative estimate of drug-likeness (QED) is 0.811. The molecule has 0 aromatic heterocycles. The van der Waals surface area contributed by atoms with E-state index in [1.165, 1.54) is 24.0 Å². The molecule has 0 bridgehead atoms. The minimum atomic E-state index is 0.617. The fourth-order valence-electron chi connectivity index (χ4n) is 2.78. The molecular weight excluding hydrogens is 246 g/mol. The third-order valence-corrected chi connectivity index (χ3v) is 3.85. The van der Waals surface area contributed by atoms with Crippen LogP contribution in [-0.4, -0.2) is 0 Å². The Hall–Kier alpha value is -2.47. The van der Waals surface area contributed by atoms with Gasteiger partial charge in [-0.25, -0.2) is 0 Å². The van der Waals surface area contributed by atoms with Crippen LogP contribution in [0.3, 0.4) is 0 Å². The van der Waals surface area contributed by atoms with E-state index in [4.69, 9.17) is 11.0 Å². The van der Waals surface area contributed by atoms with Crippen molar-refractivity contribution in [1.29, 1.82) is 5.26 Å². The highest BCUT2D eigenvalue weighted by Crippen LogP contribution is 2.31. The zero-order valence-electron chi connectivity index (χ0n) is 11.3. The Morgan fingerprint density at radius 1 is 1.05 bits per heavy atom. The summed E-state index contributed by atoms with van der Waals surface area (Å²) < 4.78 is 0. The number of rotatable bonds is 2. The van der Waals surface area contributed by atoms with Gasteiger partial charge in [0.1, 0.15) is 0 Å². The van der Waals surface area contributed by atoms with Gasteiger partial charge in [0, 0.05) is 5.69 Å². The molecule has 0 aliphatic heterocycles. The molecule has 0 atom stereocenters. The molecule has 3 nitrogen and oxygen atoms in total. The molecule has 0 fully saturated rings. The van der Waals surface area contributed by atoms with Crippen molar-refractivity contribution in [1.82, 2.24) is 0 Å². The second-order valence-corrected chi connectivity index (χ2v) is 5.19. The van der Waals surface area contributed by atoms with E-state index in [2.05, 4.69) is 29.6 Å². The van der Waals surface area contributed by atoms with Gasteiger partial charge in [0.15, 0.2) is 0 Å². The molecule has 20 heavy (non-hydrogen) atoms. The van der Waals surface area contributed by atoms with Gasteiger partial charge in [0.05, 0.1) is 23.0 Å². The highest BCUT2D eigenvalue weighted by atomic mass is 14.9. The molecule has 1 aliphatic carbocycles. The Labute approximate surface area is 119 Å². The van der Waals surface area contributed by atoms with Gasteiger partial charge in [0.2, 0.25) is 0 Å². The lowest BCUT2D eigenvalue weighted by atomic mass is 9.90. The van der Waals surface area contributed by atoms with Crippen LogP contribution in [0.25, 0.3) is 0 Å². The Morgan fingerprint density at radius 2 is 1.90 bits per heavy atom. The zero-order valence-corrected chi connectivity index (χ0v) is 11.3. The van der Waals surface area contributed by atoms with Gasteiger partial charge in [-0.2, -0.15) is 5.26 Å². The van der Waals surface area contributed by atoms with Gasteiger partial charge in [-0.3, -0.25) is 0 Å². The van der Waals surface area contributed by atoms with E-state index in [1.54, 1.807) is 18.2 Å². The average molecular weight is 263 g/mol. The lowest BCUT2D eigenvalue weighted by molar-refractivity contribution is 0.687. The van der Waals surface area contributed by atoms with E-state index in [-0.39, 0.29) is 0 Å². The van der Waals surface area contributed by atoms with Crippen molar-refractivity contribution in [3.8, 4) is 6.07 Å². The van der Waals surface area contributed by atoms with Gasteiger partial charge < -0.3 is 11.1 Å². The Morgan fingerprint density at radius 3 is 2.75 bits per heavy atom. The lowest BCUT2D eigenvalue weighted by Crippen LogP contribution is -2.07. The van der Waals surface area contributed by atoms with Crippen LogP contribution in [0.2, 0.25) is 0 Å². The number of hydrogen-bond acceptors (Lipinski definition) is 3. The molecule has 3 rings (SSSR count). The summed E-state index contributed by atoms with van der Waals surface area (Å²) in [4.78, 5) is 0. The molecule has 2 aromatic rings. The van der Waals surface area contributed by atoms with E-state index >= 15 is 0 Å². The van der Waals surface area contributed by atoms with Crippen LogP contribution in [0.1, 0.15) is 29.5 Å². The lowest BCUT2D eigenvalue weighted by Gasteiger charge is -2.20. The number of nitrogens with two attached hydrogens (primary N) is 1. The molecule has 0 radical (unpaired) electrons. The maximum atomic E-state index is 8.99. The number of aryl methyl sites for hydroxylation is 1. The van der Waals surface area contributed by atoms with Crippen LogP contribution in [0.5, 0.6) is 0 Å². The Balaban J connectivity index is 1.98. The Kier molecular flexibility index (Phi) is 3.30. The van der Waals surface area contributed by atoms with E-state index < -0.39 is 0 Å². The Bertz CT molecular complexity index is 683. The highest BCUT2D eigenvalue weighted by molar-refractivity contribution is 5.75. The second kappa shape index (κ2) is 5.26. The van der Waals surface area contributed by atoms with Crippen LogP contribution in [-0.2, 0) is 12.8 Å². The van der Waals surface area contributed by atoms with Gasteiger partial charge in [-0.1, -0.05) is 12.1 Å². The number of nitriles is 1. The van der Waals surface area contributed by atoms with Gasteiger partial charge in [-0.15, -0.1) is 0 Å². The van der Waals surface area contributed by atoms with E-state index in [9.17, 15) is 0 Å². The molecule has 0 saturated heterocycles. The van der Waals surface area contributed by atoms with E-state index in [0.717, 1.165) is 24.2 Å². The van der Waals surface area contributed by atoms with Crippen LogP contribution >= 0.6 is 0 Å². The smallest absolute Gasteiger partial charge is 0.0992 e. The number of hydrogen-bond donors (Lipinski definition) is 2. The molecule has 0 amide bonds. The maximum Gasteiger partial charge on any atom is 0.0992 e. The molecular formula is C17H17N3. The van der Waals surface area contributed by atoms with Crippen molar-refractivity contribution in [2.75, 3.05) is 11.1 Å². The largest absolute Gasteiger partial charge is 0.397 e. The summed E-state index contributed by atoms with van der Waals surface area (Å²) in [6.07, 6.45) is 4.76. The van der Waals surface area contributed by atoms with Gasteiger partial charge in [0.25, 0.3) is 0 Å².